The summed E-state index contributed by atoms with van der Waals surface area (Å²) in [6.07, 6.45) is 0. The van der Waals surface area contributed by atoms with E-state index in [0.29, 0.717) is 25.3 Å². The highest BCUT2D eigenvalue weighted by Gasteiger charge is 2.05. The molecule has 5 N–H and O–H groups in total. The van der Waals surface area contributed by atoms with Crippen molar-refractivity contribution >= 4 is 5.84 Å². The maximum absolute atomic E-state index is 7.36. The first-order chi connectivity index (χ1) is 10.6. The quantitative estimate of drug-likeness (QED) is 0.539. The van der Waals surface area contributed by atoms with E-state index in [1.165, 1.54) is 0 Å². The zero-order valence-electron chi connectivity index (χ0n) is 12.6. The molecule has 0 saturated carbocycles. The smallest absolute Gasteiger partial charge is 0.124 e. The van der Waals surface area contributed by atoms with Gasteiger partial charge in [0.15, 0.2) is 0 Å². The molecule has 2 rings (SSSR count). The third-order valence-corrected chi connectivity index (χ3v) is 3.38. The molecule has 0 fully saturated rings. The molecule has 2 aromatic rings. The summed E-state index contributed by atoms with van der Waals surface area (Å²) in [7, 11) is 1.64. The minimum atomic E-state index is 0.0669. The fraction of sp³-hybridized carbons (Fsp3) is 0.235. The van der Waals surface area contributed by atoms with Gasteiger partial charge in [0.1, 0.15) is 11.6 Å². The number of amidine groups is 1. The Morgan fingerprint density at radius 2 is 1.73 bits per heavy atom. The number of nitrogens with one attached hydrogen (secondary N) is 1. The van der Waals surface area contributed by atoms with Crippen LogP contribution in [-0.4, -0.2) is 12.9 Å². The van der Waals surface area contributed by atoms with E-state index in [4.69, 9.17) is 26.4 Å². The zero-order valence-corrected chi connectivity index (χ0v) is 12.6. The van der Waals surface area contributed by atoms with Crippen LogP contribution >= 0.6 is 0 Å². The predicted octanol–water partition coefficient (Wildman–Crippen LogP) is 2.15. The Kier molecular flexibility index (Phi) is 5.52. The molecule has 0 aromatic heterocycles. The first-order valence-electron chi connectivity index (χ1n) is 7.01. The van der Waals surface area contributed by atoms with Crippen molar-refractivity contribution in [2.24, 2.45) is 11.5 Å². The summed E-state index contributed by atoms with van der Waals surface area (Å²) in [5.74, 6) is 0.854. The SMILES string of the molecule is COc1cc(CN)ccc1COCc1ccc(C(=N)N)cc1. The Labute approximate surface area is 130 Å². The number of nitrogens with two attached hydrogens (primary N) is 2. The fourth-order valence-corrected chi connectivity index (χ4v) is 2.09. The minimum absolute atomic E-state index is 0.0669. The molecule has 0 aliphatic carbocycles. The Bertz CT molecular complexity index is 639. The van der Waals surface area contributed by atoms with E-state index < -0.39 is 0 Å². The molecule has 0 heterocycles. The molecule has 5 nitrogen and oxygen atoms in total. The Morgan fingerprint density at radius 1 is 1.05 bits per heavy atom. The van der Waals surface area contributed by atoms with Gasteiger partial charge < -0.3 is 20.9 Å². The van der Waals surface area contributed by atoms with Gasteiger partial charge in [0.05, 0.1) is 20.3 Å². The average Bonchev–Trinajstić information content (AvgIpc) is 2.55. The largest absolute Gasteiger partial charge is 0.496 e. The van der Waals surface area contributed by atoms with Crippen LogP contribution in [0, 0.1) is 5.41 Å². The molecule has 0 radical (unpaired) electrons. The standard InChI is InChI=1S/C17H21N3O2/c1-21-16-8-13(9-18)4-7-15(16)11-22-10-12-2-5-14(6-3-12)17(19)20/h2-8H,9-11,18H2,1H3,(H3,19,20). The highest BCUT2D eigenvalue weighted by molar-refractivity contribution is 5.94. The summed E-state index contributed by atoms with van der Waals surface area (Å²) in [6.45, 7) is 1.43. The van der Waals surface area contributed by atoms with Crippen molar-refractivity contribution in [3.05, 3.63) is 64.7 Å². The maximum atomic E-state index is 7.36. The lowest BCUT2D eigenvalue weighted by Crippen LogP contribution is -2.10. The minimum Gasteiger partial charge on any atom is -0.496 e. The lowest BCUT2D eigenvalue weighted by Gasteiger charge is -2.11. The number of hydrogen-bond donors (Lipinski definition) is 3. The van der Waals surface area contributed by atoms with Gasteiger partial charge in [-0.3, -0.25) is 5.41 Å². The van der Waals surface area contributed by atoms with Crippen LogP contribution in [0.3, 0.4) is 0 Å². The van der Waals surface area contributed by atoms with Crippen molar-refractivity contribution < 1.29 is 9.47 Å². The van der Waals surface area contributed by atoms with Crippen molar-refractivity contribution in [1.29, 1.82) is 5.41 Å². The number of ether oxygens (including phenoxy) is 2. The van der Waals surface area contributed by atoms with Gasteiger partial charge in [0.25, 0.3) is 0 Å². The van der Waals surface area contributed by atoms with Crippen molar-refractivity contribution in [3.8, 4) is 5.75 Å². The van der Waals surface area contributed by atoms with Crippen LogP contribution in [0.15, 0.2) is 42.5 Å². The van der Waals surface area contributed by atoms with Crippen molar-refractivity contribution in [1.82, 2.24) is 0 Å². The Morgan fingerprint density at radius 3 is 2.32 bits per heavy atom. The third kappa shape index (κ3) is 4.07. The van der Waals surface area contributed by atoms with Gasteiger partial charge in [-0.25, -0.2) is 0 Å². The number of benzene rings is 2. The van der Waals surface area contributed by atoms with Crippen molar-refractivity contribution in [2.45, 2.75) is 19.8 Å². The van der Waals surface area contributed by atoms with E-state index in [0.717, 1.165) is 22.4 Å². The van der Waals surface area contributed by atoms with E-state index in [1.54, 1.807) is 7.11 Å². The first kappa shape index (κ1) is 16.0. The molecule has 0 aliphatic heterocycles. The van der Waals surface area contributed by atoms with Gasteiger partial charge in [-0.15, -0.1) is 0 Å². The second-order valence-corrected chi connectivity index (χ2v) is 4.95. The molecule has 0 spiro atoms. The molecule has 0 unspecified atom stereocenters. The molecule has 0 bridgehead atoms. The number of nitrogen functional groups attached to an aromatic ring is 1. The van der Waals surface area contributed by atoms with Gasteiger partial charge in [-0.05, 0) is 17.2 Å². The molecule has 0 amide bonds. The second kappa shape index (κ2) is 7.59. The summed E-state index contributed by atoms with van der Waals surface area (Å²) in [5, 5.41) is 7.36. The number of rotatable bonds is 7. The van der Waals surface area contributed by atoms with Crippen LogP contribution < -0.4 is 16.2 Å². The van der Waals surface area contributed by atoms with Crippen LogP contribution in [0.5, 0.6) is 5.75 Å². The fourth-order valence-electron chi connectivity index (χ4n) is 2.09. The monoisotopic (exact) mass is 299 g/mol. The lowest BCUT2D eigenvalue weighted by molar-refractivity contribution is 0.105. The molecule has 0 saturated heterocycles. The zero-order chi connectivity index (χ0) is 15.9. The van der Waals surface area contributed by atoms with Crippen LogP contribution in [0.2, 0.25) is 0 Å². The van der Waals surface area contributed by atoms with E-state index in [2.05, 4.69) is 0 Å². The molecular weight excluding hydrogens is 278 g/mol. The molecular formula is C17H21N3O2. The van der Waals surface area contributed by atoms with Crippen molar-refractivity contribution in [2.75, 3.05) is 7.11 Å². The summed E-state index contributed by atoms with van der Waals surface area (Å²) < 4.78 is 11.1. The van der Waals surface area contributed by atoms with Crippen molar-refractivity contribution in [3.63, 3.8) is 0 Å². The predicted molar refractivity (Wildman–Crippen MR) is 86.8 cm³/mol. The van der Waals surface area contributed by atoms with E-state index in [1.807, 2.05) is 42.5 Å². The van der Waals surface area contributed by atoms with Crippen LogP contribution in [0.1, 0.15) is 22.3 Å². The van der Waals surface area contributed by atoms with Gasteiger partial charge in [0, 0.05) is 17.7 Å². The maximum Gasteiger partial charge on any atom is 0.124 e. The average molecular weight is 299 g/mol. The third-order valence-electron chi connectivity index (χ3n) is 3.38. The molecule has 0 atom stereocenters. The number of methoxy groups -OCH3 is 1. The first-order valence-corrected chi connectivity index (χ1v) is 7.01. The summed E-state index contributed by atoms with van der Waals surface area (Å²) in [4.78, 5) is 0. The highest BCUT2D eigenvalue weighted by Crippen LogP contribution is 2.21. The summed E-state index contributed by atoms with van der Waals surface area (Å²) in [6, 6.07) is 13.3. The van der Waals surface area contributed by atoms with E-state index in [9.17, 15) is 0 Å². The molecule has 5 heteroatoms. The topological polar surface area (TPSA) is 94.4 Å². The summed E-state index contributed by atoms with van der Waals surface area (Å²) in [5.41, 5.74) is 14.8. The van der Waals surface area contributed by atoms with Gasteiger partial charge in [-0.2, -0.15) is 0 Å². The highest BCUT2D eigenvalue weighted by atomic mass is 16.5. The van der Waals surface area contributed by atoms with Gasteiger partial charge in [0.2, 0.25) is 0 Å². The van der Waals surface area contributed by atoms with E-state index in [-0.39, 0.29) is 5.84 Å². The molecule has 2 aromatic carbocycles. The second-order valence-electron chi connectivity index (χ2n) is 4.95. The van der Waals surface area contributed by atoms with E-state index >= 15 is 0 Å². The normalized spacial score (nSPS) is 10.5. The Balaban J connectivity index is 1.94. The van der Waals surface area contributed by atoms with Gasteiger partial charge in [-0.1, -0.05) is 36.4 Å². The number of hydrogen-bond acceptors (Lipinski definition) is 4. The Hall–Kier alpha value is -2.37. The van der Waals surface area contributed by atoms with Crippen LogP contribution in [0.4, 0.5) is 0 Å². The lowest BCUT2D eigenvalue weighted by atomic mass is 10.1. The molecule has 116 valence electrons. The van der Waals surface area contributed by atoms with Crippen LogP contribution in [0.25, 0.3) is 0 Å². The van der Waals surface area contributed by atoms with Gasteiger partial charge >= 0.3 is 0 Å². The van der Waals surface area contributed by atoms with Crippen LogP contribution in [-0.2, 0) is 24.5 Å². The molecule has 22 heavy (non-hydrogen) atoms. The molecule has 0 aliphatic rings. The summed E-state index contributed by atoms with van der Waals surface area (Å²) >= 11 is 0.